The largest absolute Gasteiger partial charge is 0.310 e. The lowest BCUT2D eigenvalue weighted by molar-refractivity contribution is 0.580. The topological polar surface area (TPSA) is 3.24 Å². The summed E-state index contributed by atoms with van der Waals surface area (Å²) < 4.78 is 1.10. The van der Waals surface area contributed by atoms with Crippen LogP contribution in [0.2, 0.25) is 0 Å². The van der Waals surface area contributed by atoms with E-state index in [2.05, 4.69) is 146 Å². The molecule has 166 valence electrons. The molecule has 0 atom stereocenters. The van der Waals surface area contributed by atoms with Gasteiger partial charge >= 0.3 is 0 Å². The van der Waals surface area contributed by atoms with Crippen LogP contribution in [0.5, 0.6) is 0 Å². The molecule has 4 aromatic carbocycles. The van der Waals surface area contributed by atoms with Crippen molar-refractivity contribution in [2.45, 2.75) is 45.4 Å². The van der Waals surface area contributed by atoms with Gasteiger partial charge in [-0.25, -0.2) is 0 Å². The number of fused-ring (bicyclic) bond motifs is 2. The molecule has 0 amide bonds. The van der Waals surface area contributed by atoms with Crippen molar-refractivity contribution in [1.82, 2.24) is 0 Å². The highest BCUT2D eigenvalue weighted by Gasteiger charge is 2.37. The molecule has 5 rings (SSSR count). The predicted octanol–water partition coefficient (Wildman–Crippen LogP) is 9.52. The molecule has 33 heavy (non-hydrogen) atoms. The van der Waals surface area contributed by atoms with Crippen LogP contribution in [0.3, 0.4) is 0 Å². The van der Waals surface area contributed by atoms with E-state index in [0.29, 0.717) is 0 Å². The lowest BCUT2D eigenvalue weighted by Gasteiger charge is -2.43. The Morgan fingerprint density at radius 2 is 1.24 bits per heavy atom. The van der Waals surface area contributed by atoms with E-state index in [1.807, 2.05) is 0 Å². The number of hydrogen-bond acceptors (Lipinski definition) is 1. The number of hydrogen-bond donors (Lipinski definition) is 0. The first-order valence-corrected chi connectivity index (χ1v) is 12.4. The molecule has 0 unspecified atom stereocenters. The minimum atomic E-state index is -0.122. The van der Waals surface area contributed by atoms with Crippen molar-refractivity contribution in [3.05, 3.63) is 112 Å². The van der Waals surface area contributed by atoms with Crippen molar-refractivity contribution in [2.75, 3.05) is 4.90 Å². The van der Waals surface area contributed by atoms with Gasteiger partial charge in [0.1, 0.15) is 0 Å². The summed E-state index contributed by atoms with van der Waals surface area (Å²) in [6, 6.07) is 33.3. The first-order chi connectivity index (χ1) is 15.7. The quantitative estimate of drug-likeness (QED) is 0.267. The number of nitrogens with zero attached hydrogens (tertiary/aromatic N) is 1. The first-order valence-electron chi connectivity index (χ1n) is 11.6. The molecular weight excluding hydrogens is 466 g/mol. The molecule has 1 aliphatic rings. The summed E-state index contributed by atoms with van der Waals surface area (Å²) in [4.78, 5) is 2.42. The third-order valence-corrected chi connectivity index (χ3v) is 7.41. The summed E-state index contributed by atoms with van der Waals surface area (Å²) in [6.45, 7) is 11.6. The Kier molecular flexibility index (Phi) is 5.25. The van der Waals surface area contributed by atoms with Crippen molar-refractivity contribution in [3.63, 3.8) is 0 Å². The van der Waals surface area contributed by atoms with Gasteiger partial charge in [-0.1, -0.05) is 99.1 Å². The van der Waals surface area contributed by atoms with Crippen molar-refractivity contribution in [2.24, 2.45) is 0 Å². The van der Waals surface area contributed by atoms with Crippen LogP contribution in [0.1, 0.15) is 51.3 Å². The minimum Gasteiger partial charge on any atom is -0.310 e. The maximum atomic E-state index is 3.56. The van der Waals surface area contributed by atoms with Crippen LogP contribution < -0.4 is 4.90 Å². The van der Waals surface area contributed by atoms with E-state index in [4.69, 9.17) is 0 Å². The fraction of sp³-hybridized carbons (Fsp3) is 0.226. The molecule has 4 aromatic rings. The van der Waals surface area contributed by atoms with Crippen molar-refractivity contribution in [3.8, 4) is 11.1 Å². The van der Waals surface area contributed by atoms with Crippen LogP contribution in [-0.4, -0.2) is 0 Å². The number of halogens is 1. The van der Waals surface area contributed by atoms with Crippen molar-refractivity contribution >= 4 is 33.0 Å². The Bertz CT molecular complexity index is 1310. The van der Waals surface area contributed by atoms with Gasteiger partial charge in [0.05, 0.1) is 11.4 Å². The monoisotopic (exact) mass is 495 g/mol. The van der Waals surface area contributed by atoms with Gasteiger partial charge in [-0.05, 0) is 75.7 Å². The molecule has 1 nitrogen and oxygen atoms in total. The molecule has 0 saturated heterocycles. The molecule has 0 aromatic heterocycles. The summed E-state index contributed by atoms with van der Waals surface area (Å²) in [7, 11) is 0. The average Bonchev–Trinajstić information content (AvgIpc) is 2.79. The van der Waals surface area contributed by atoms with Crippen LogP contribution in [-0.2, 0) is 10.8 Å². The summed E-state index contributed by atoms with van der Waals surface area (Å²) >= 11 is 3.56. The van der Waals surface area contributed by atoms with Crippen molar-refractivity contribution in [1.29, 1.82) is 0 Å². The number of para-hydroxylation sites is 1. The summed E-state index contributed by atoms with van der Waals surface area (Å²) in [5.41, 5.74) is 10.3. The van der Waals surface area contributed by atoms with E-state index < -0.39 is 0 Å². The van der Waals surface area contributed by atoms with E-state index in [0.717, 1.165) is 4.47 Å². The molecule has 0 aliphatic carbocycles. The smallest absolute Gasteiger partial charge is 0.0503 e. The molecule has 0 radical (unpaired) electrons. The molecule has 0 spiro atoms. The third-order valence-electron chi connectivity index (χ3n) is 6.88. The zero-order valence-electron chi connectivity index (χ0n) is 20.0. The highest BCUT2D eigenvalue weighted by Crippen LogP contribution is 2.53. The SMILES string of the molecule is CC(C)(C)c1ccc2c(c1)C(C)(C)c1cc(-c3ccc(Br)cc3)ccc1N2c1ccccc1. The highest BCUT2D eigenvalue weighted by atomic mass is 79.9. The lowest BCUT2D eigenvalue weighted by atomic mass is 9.71. The van der Waals surface area contributed by atoms with Gasteiger partial charge in [0, 0.05) is 15.6 Å². The van der Waals surface area contributed by atoms with E-state index >= 15 is 0 Å². The molecule has 1 heterocycles. The maximum absolute atomic E-state index is 3.56. The highest BCUT2D eigenvalue weighted by molar-refractivity contribution is 9.10. The summed E-state index contributed by atoms with van der Waals surface area (Å²) in [5, 5.41) is 0. The first kappa shape index (κ1) is 22.0. The Morgan fingerprint density at radius 3 is 1.88 bits per heavy atom. The second-order valence-corrected chi connectivity index (χ2v) is 11.4. The normalized spacial score (nSPS) is 14.5. The van der Waals surface area contributed by atoms with Gasteiger partial charge in [0.25, 0.3) is 0 Å². The summed E-state index contributed by atoms with van der Waals surface area (Å²) in [5.74, 6) is 0. The Labute approximate surface area is 206 Å². The van der Waals surface area contributed by atoms with Crippen LogP contribution >= 0.6 is 15.9 Å². The standard InChI is InChI=1S/C31H30BrN/c1-30(2,3)23-14-18-29-27(20-23)31(4,5)26-19-22(21-11-15-24(32)16-12-21)13-17-28(26)33(29)25-9-7-6-8-10-25/h6-20H,1-5H3. The maximum Gasteiger partial charge on any atom is 0.0503 e. The number of anilines is 3. The van der Waals surface area contributed by atoms with Crippen molar-refractivity contribution < 1.29 is 0 Å². The molecule has 0 fully saturated rings. The van der Waals surface area contributed by atoms with E-state index in [9.17, 15) is 0 Å². The lowest BCUT2D eigenvalue weighted by Crippen LogP contribution is -2.31. The minimum absolute atomic E-state index is 0.0994. The van der Waals surface area contributed by atoms with E-state index in [-0.39, 0.29) is 10.8 Å². The number of rotatable bonds is 2. The zero-order chi connectivity index (χ0) is 23.4. The molecule has 1 aliphatic heterocycles. The Balaban J connectivity index is 1.76. The van der Waals surface area contributed by atoms with Gasteiger partial charge < -0.3 is 4.90 Å². The van der Waals surface area contributed by atoms with Gasteiger partial charge in [0.15, 0.2) is 0 Å². The summed E-state index contributed by atoms with van der Waals surface area (Å²) in [6.07, 6.45) is 0. The van der Waals surface area contributed by atoms with Gasteiger partial charge in [0.2, 0.25) is 0 Å². The second kappa shape index (κ2) is 7.88. The van der Waals surface area contributed by atoms with E-state index in [1.54, 1.807) is 0 Å². The molecular formula is C31H30BrN. The van der Waals surface area contributed by atoms with Gasteiger partial charge in [-0.2, -0.15) is 0 Å². The second-order valence-electron chi connectivity index (χ2n) is 10.5. The molecule has 0 N–H and O–H groups in total. The Hall–Kier alpha value is -2.84. The zero-order valence-corrected chi connectivity index (χ0v) is 21.6. The molecule has 2 heteroatoms. The van der Waals surface area contributed by atoms with Gasteiger partial charge in [-0.3, -0.25) is 0 Å². The fourth-order valence-corrected chi connectivity index (χ4v) is 5.15. The Morgan fingerprint density at radius 1 is 0.667 bits per heavy atom. The predicted molar refractivity (Wildman–Crippen MR) is 145 cm³/mol. The van der Waals surface area contributed by atoms with Crippen LogP contribution in [0.15, 0.2) is 95.5 Å². The van der Waals surface area contributed by atoms with Crippen LogP contribution in [0.25, 0.3) is 11.1 Å². The average molecular weight is 496 g/mol. The molecule has 0 bridgehead atoms. The van der Waals surface area contributed by atoms with Crippen LogP contribution in [0, 0.1) is 0 Å². The van der Waals surface area contributed by atoms with Gasteiger partial charge in [-0.15, -0.1) is 0 Å². The number of benzene rings is 4. The third kappa shape index (κ3) is 3.81. The molecule has 0 saturated carbocycles. The van der Waals surface area contributed by atoms with E-state index in [1.165, 1.54) is 44.9 Å². The van der Waals surface area contributed by atoms with Crippen LogP contribution in [0.4, 0.5) is 17.1 Å². The fourth-order valence-electron chi connectivity index (χ4n) is 4.88.